The molecule has 1 fully saturated rings. The van der Waals surface area contributed by atoms with Crippen LogP contribution in [0.5, 0.6) is 0 Å². The topological polar surface area (TPSA) is 28.2 Å². The van der Waals surface area contributed by atoms with E-state index in [0.717, 1.165) is 49.2 Å². The number of nitrogens with one attached hydrogen (secondary N) is 1. The molecule has 0 bridgehead atoms. The van der Waals surface area contributed by atoms with Crippen LogP contribution in [0, 0.1) is 11.8 Å². The highest BCUT2D eigenvalue weighted by Crippen LogP contribution is 2.21. The molecule has 1 saturated heterocycles. The Balaban J connectivity index is 2.17. The molecule has 1 N–H and O–H groups in total. The van der Waals surface area contributed by atoms with Crippen molar-refractivity contribution in [2.45, 2.75) is 26.2 Å². The molecule has 0 saturated carbocycles. The van der Waals surface area contributed by atoms with E-state index in [-0.39, 0.29) is 0 Å². The van der Waals surface area contributed by atoms with Crippen LogP contribution in [0.25, 0.3) is 0 Å². The van der Waals surface area contributed by atoms with Crippen molar-refractivity contribution >= 4 is 21.6 Å². The maximum atomic E-state index is 4.42. The monoisotopic (exact) mass is 321 g/mol. The highest BCUT2D eigenvalue weighted by atomic mass is 79.9. The quantitative estimate of drug-likeness (QED) is 0.670. The number of halogens is 1. The predicted octanol–water partition coefficient (Wildman–Crippen LogP) is 2.80. The second-order valence-corrected chi connectivity index (χ2v) is 5.43. The molecule has 1 aromatic heterocycles. The molecule has 102 valence electrons. The van der Waals surface area contributed by atoms with Crippen LogP contribution in [-0.4, -0.2) is 31.2 Å². The molecule has 0 radical (unpaired) electrons. The highest BCUT2D eigenvalue weighted by Gasteiger charge is 2.11. The van der Waals surface area contributed by atoms with E-state index in [0.29, 0.717) is 0 Å². The molecule has 4 heteroatoms. The van der Waals surface area contributed by atoms with Crippen molar-refractivity contribution in [2.75, 3.05) is 31.1 Å². The van der Waals surface area contributed by atoms with Gasteiger partial charge in [0, 0.05) is 26.1 Å². The number of pyridine rings is 1. The standard InChI is InChI=1S/C15H20BrN3/c1-2-3-4-6-13-11-14(12-18-15(13)16)19-9-5-7-17-8-10-19/h11-12,17H,2-3,5,7-10H2,1H3. The summed E-state index contributed by atoms with van der Waals surface area (Å²) in [7, 11) is 0. The van der Waals surface area contributed by atoms with Gasteiger partial charge in [-0.05, 0) is 41.4 Å². The molecule has 0 unspecified atom stereocenters. The van der Waals surface area contributed by atoms with Gasteiger partial charge in [0.05, 0.1) is 17.4 Å². The molecule has 0 amide bonds. The average Bonchev–Trinajstić information content (AvgIpc) is 2.70. The maximum absolute atomic E-state index is 4.42. The van der Waals surface area contributed by atoms with E-state index in [2.05, 4.69) is 56.0 Å². The summed E-state index contributed by atoms with van der Waals surface area (Å²) in [6, 6.07) is 2.14. The average molecular weight is 322 g/mol. The summed E-state index contributed by atoms with van der Waals surface area (Å²) in [4.78, 5) is 6.80. The third-order valence-corrected chi connectivity index (χ3v) is 3.76. The fourth-order valence-electron chi connectivity index (χ4n) is 2.08. The normalized spacial score (nSPS) is 15.6. The minimum Gasteiger partial charge on any atom is -0.369 e. The zero-order valence-corrected chi connectivity index (χ0v) is 13.0. The Bertz CT molecular complexity index is 468. The van der Waals surface area contributed by atoms with Gasteiger partial charge in [-0.2, -0.15) is 0 Å². The van der Waals surface area contributed by atoms with Gasteiger partial charge in [-0.15, -0.1) is 0 Å². The molecule has 2 heterocycles. The Labute approximate surface area is 123 Å². The van der Waals surface area contributed by atoms with E-state index < -0.39 is 0 Å². The third kappa shape index (κ3) is 4.22. The summed E-state index contributed by atoms with van der Waals surface area (Å²) in [5.41, 5.74) is 2.16. The molecule has 0 aromatic carbocycles. The minimum atomic E-state index is 0.841. The predicted molar refractivity (Wildman–Crippen MR) is 83.4 cm³/mol. The molecule has 1 aromatic rings. The van der Waals surface area contributed by atoms with Crippen LogP contribution in [0.3, 0.4) is 0 Å². The van der Waals surface area contributed by atoms with Gasteiger partial charge in [0.25, 0.3) is 0 Å². The number of nitrogens with zero attached hydrogens (tertiary/aromatic N) is 2. The zero-order chi connectivity index (χ0) is 13.5. The van der Waals surface area contributed by atoms with Crippen molar-refractivity contribution < 1.29 is 0 Å². The SMILES string of the molecule is CCCC#Cc1cc(N2CCCNCC2)cnc1Br. The van der Waals surface area contributed by atoms with Crippen LogP contribution in [0.4, 0.5) is 5.69 Å². The van der Waals surface area contributed by atoms with E-state index in [1.165, 1.54) is 12.1 Å². The summed E-state index contributed by atoms with van der Waals surface area (Å²) in [6.07, 6.45) is 5.13. The smallest absolute Gasteiger partial charge is 0.121 e. The van der Waals surface area contributed by atoms with Gasteiger partial charge >= 0.3 is 0 Å². The van der Waals surface area contributed by atoms with Crippen molar-refractivity contribution in [1.29, 1.82) is 0 Å². The Morgan fingerprint density at radius 1 is 1.42 bits per heavy atom. The largest absolute Gasteiger partial charge is 0.369 e. The van der Waals surface area contributed by atoms with Crippen molar-refractivity contribution in [3.63, 3.8) is 0 Å². The minimum absolute atomic E-state index is 0.841. The summed E-state index contributed by atoms with van der Waals surface area (Å²) >= 11 is 3.48. The maximum Gasteiger partial charge on any atom is 0.121 e. The first-order valence-electron chi connectivity index (χ1n) is 6.91. The van der Waals surface area contributed by atoms with E-state index in [1.54, 1.807) is 0 Å². The lowest BCUT2D eigenvalue weighted by atomic mass is 10.2. The summed E-state index contributed by atoms with van der Waals surface area (Å²) in [5.74, 6) is 6.39. The van der Waals surface area contributed by atoms with Gasteiger partial charge in [0.15, 0.2) is 0 Å². The molecule has 3 nitrogen and oxygen atoms in total. The van der Waals surface area contributed by atoms with Crippen LogP contribution < -0.4 is 10.2 Å². The molecular formula is C15H20BrN3. The summed E-state index contributed by atoms with van der Waals surface area (Å²) in [6.45, 7) is 6.39. The Morgan fingerprint density at radius 3 is 3.16 bits per heavy atom. The first-order chi connectivity index (χ1) is 9.31. The summed E-state index contributed by atoms with van der Waals surface area (Å²) in [5, 5.41) is 3.42. The van der Waals surface area contributed by atoms with Crippen LogP contribution >= 0.6 is 15.9 Å². The molecule has 1 aliphatic heterocycles. The van der Waals surface area contributed by atoms with Gasteiger partial charge in [0.2, 0.25) is 0 Å². The van der Waals surface area contributed by atoms with Gasteiger partial charge in [0.1, 0.15) is 4.60 Å². The first kappa shape index (κ1) is 14.4. The molecule has 2 rings (SSSR count). The molecular weight excluding hydrogens is 302 g/mol. The van der Waals surface area contributed by atoms with Crippen LogP contribution in [0.1, 0.15) is 31.7 Å². The Hall–Kier alpha value is -1.05. The van der Waals surface area contributed by atoms with Gasteiger partial charge in [-0.3, -0.25) is 0 Å². The van der Waals surface area contributed by atoms with Crippen molar-refractivity contribution in [3.8, 4) is 11.8 Å². The van der Waals surface area contributed by atoms with E-state index in [9.17, 15) is 0 Å². The molecule has 0 spiro atoms. The van der Waals surface area contributed by atoms with Crippen LogP contribution in [0.2, 0.25) is 0 Å². The Kier molecular flexibility index (Phi) is 5.68. The van der Waals surface area contributed by atoms with Gasteiger partial charge in [-0.1, -0.05) is 18.8 Å². The number of rotatable bonds is 2. The lowest BCUT2D eigenvalue weighted by Crippen LogP contribution is -2.27. The van der Waals surface area contributed by atoms with Crippen LogP contribution in [0.15, 0.2) is 16.9 Å². The van der Waals surface area contributed by atoms with Crippen LogP contribution in [-0.2, 0) is 0 Å². The van der Waals surface area contributed by atoms with E-state index in [4.69, 9.17) is 0 Å². The van der Waals surface area contributed by atoms with Gasteiger partial charge in [-0.25, -0.2) is 4.98 Å². The molecule has 1 aliphatic rings. The third-order valence-electron chi connectivity index (χ3n) is 3.13. The van der Waals surface area contributed by atoms with Crippen molar-refractivity contribution in [2.24, 2.45) is 0 Å². The van der Waals surface area contributed by atoms with Crippen molar-refractivity contribution in [3.05, 3.63) is 22.4 Å². The zero-order valence-electron chi connectivity index (χ0n) is 11.4. The molecule has 0 aliphatic carbocycles. The lowest BCUT2D eigenvalue weighted by Gasteiger charge is -2.22. The fourth-order valence-corrected chi connectivity index (χ4v) is 2.40. The fraction of sp³-hybridized carbons (Fsp3) is 0.533. The van der Waals surface area contributed by atoms with Gasteiger partial charge < -0.3 is 10.2 Å². The summed E-state index contributed by atoms with van der Waals surface area (Å²) < 4.78 is 0.841. The van der Waals surface area contributed by atoms with Crippen molar-refractivity contribution in [1.82, 2.24) is 10.3 Å². The second kappa shape index (κ2) is 7.52. The number of hydrogen-bond acceptors (Lipinski definition) is 3. The van der Waals surface area contributed by atoms with E-state index >= 15 is 0 Å². The molecule has 19 heavy (non-hydrogen) atoms. The molecule has 0 atom stereocenters. The first-order valence-corrected chi connectivity index (χ1v) is 7.70. The Morgan fingerprint density at radius 2 is 2.32 bits per heavy atom. The number of hydrogen-bond donors (Lipinski definition) is 1. The second-order valence-electron chi connectivity index (χ2n) is 4.67. The number of aromatic nitrogens is 1. The number of unbranched alkanes of at least 4 members (excludes halogenated alkanes) is 1. The van der Waals surface area contributed by atoms with E-state index in [1.807, 2.05) is 6.20 Å². The number of anilines is 1. The lowest BCUT2D eigenvalue weighted by molar-refractivity contribution is 0.724. The highest BCUT2D eigenvalue weighted by molar-refractivity contribution is 9.10.